The lowest BCUT2D eigenvalue weighted by atomic mass is 9.78. The fourth-order valence-corrected chi connectivity index (χ4v) is 2.75. The number of halogens is 3. The van der Waals surface area contributed by atoms with Gasteiger partial charge in [0.05, 0.1) is 5.92 Å². The second-order valence-electron chi connectivity index (χ2n) is 5.85. The van der Waals surface area contributed by atoms with Gasteiger partial charge in [-0.2, -0.15) is 13.2 Å². The van der Waals surface area contributed by atoms with Crippen LogP contribution in [0.1, 0.15) is 51.3 Å². The molecule has 0 radical (unpaired) electrons. The molecule has 1 saturated carbocycles. The molecule has 6 nitrogen and oxygen atoms in total. The first-order valence-electron chi connectivity index (χ1n) is 6.74. The van der Waals surface area contributed by atoms with Crippen LogP contribution in [0.25, 0.3) is 0 Å². The highest BCUT2D eigenvalue weighted by molar-refractivity contribution is 5.75. The molecule has 118 valence electrons. The summed E-state index contributed by atoms with van der Waals surface area (Å²) in [5, 5.41) is 19.9. The average molecular weight is 306 g/mol. The Morgan fingerprint density at radius 1 is 1.29 bits per heavy atom. The Balaban J connectivity index is 2.42. The van der Waals surface area contributed by atoms with E-state index in [0.29, 0.717) is 19.3 Å². The average Bonchev–Trinajstić information content (AvgIpc) is 2.87. The normalized spacial score (nSPS) is 24.0. The van der Waals surface area contributed by atoms with Gasteiger partial charge in [-0.1, -0.05) is 12.8 Å². The number of hydrogen-bond acceptors (Lipinski definition) is 4. The van der Waals surface area contributed by atoms with E-state index in [1.54, 1.807) is 0 Å². The summed E-state index contributed by atoms with van der Waals surface area (Å²) >= 11 is 0. The Morgan fingerprint density at radius 3 is 2.48 bits per heavy atom. The summed E-state index contributed by atoms with van der Waals surface area (Å²) in [4.78, 5) is 11.3. The summed E-state index contributed by atoms with van der Waals surface area (Å²) in [6.07, 6.45) is -2.85. The molecule has 1 heterocycles. The van der Waals surface area contributed by atoms with Gasteiger partial charge in [-0.25, -0.2) is 9.48 Å². The molecule has 1 N–H and O–H groups in total. The van der Waals surface area contributed by atoms with E-state index in [1.165, 1.54) is 13.8 Å². The molecule has 1 aromatic rings. The maximum Gasteiger partial charge on any atom is 0.392 e. The molecule has 2 rings (SSSR count). The molecule has 0 amide bonds. The van der Waals surface area contributed by atoms with Gasteiger partial charge in [0.25, 0.3) is 0 Å². The van der Waals surface area contributed by atoms with Gasteiger partial charge in [-0.05, 0) is 37.1 Å². The Bertz CT molecular complexity index is 527. The standard InChI is InChI=1S/C12H17F3N4O2/c1-11(2,10(20)21)19-9(16-17-18-19)7-5-3-4-6-8(7)12(13,14)15/h7-8H,3-6H2,1-2H3,(H,20,21). The van der Waals surface area contributed by atoms with Crippen molar-refractivity contribution in [2.75, 3.05) is 0 Å². The Kier molecular flexibility index (Phi) is 3.94. The van der Waals surface area contributed by atoms with Gasteiger partial charge in [0, 0.05) is 5.92 Å². The molecule has 9 heteroatoms. The Labute approximate surface area is 119 Å². The third-order valence-electron chi connectivity index (χ3n) is 4.06. The summed E-state index contributed by atoms with van der Waals surface area (Å²) in [6.45, 7) is 2.72. The van der Waals surface area contributed by atoms with Gasteiger partial charge in [0.2, 0.25) is 0 Å². The monoisotopic (exact) mass is 306 g/mol. The third-order valence-corrected chi connectivity index (χ3v) is 4.06. The largest absolute Gasteiger partial charge is 0.479 e. The van der Waals surface area contributed by atoms with Gasteiger partial charge in [0.15, 0.2) is 11.4 Å². The van der Waals surface area contributed by atoms with Crippen molar-refractivity contribution in [1.29, 1.82) is 0 Å². The number of tetrazole rings is 1. The highest BCUT2D eigenvalue weighted by Crippen LogP contribution is 2.46. The van der Waals surface area contributed by atoms with Crippen molar-refractivity contribution in [3.8, 4) is 0 Å². The summed E-state index contributed by atoms with van der Waals surface area (Å²) in [5.74, 6) is -3.62. The van der Waals surface area contributed by atoms with Crippen molar-refractivity contribution >= 4 is 5.97 Å². The Hall–Kier alpha value is -1.67. The smallest absolute Gasteiger partial charge is 0.392 e. The zero-order valence-electron chi connectivity index (χ0n) is 11.8. The van der Waals surface area contributed by atoms with Gasteiger partial charge in [0.1, 0.15) is 0 Å². The molecule has 0 spiro atoms. The molecule has 1 fully saturated rings. The fourth-order valence-electron chi connectivity index (χ4n) is 2.75. The number of aromatic nitrogens is 4. The highest BCUT2D eigenvalue weighted by Gasteiger charge is 2.49. The second kappa shape index (κ2) is 5.27. The Morgan fingerprint density at radius 2 is 1.90 bits per heavy atom. The molecule has 0 aliphatic heterocycles. The SMILES string of the molecule is CC(C)(C(=O)O)n1nnnc1C1CCCCC1C(F)(F)F. The van der Waals surface area contributed by atoms with E-state index >= 15 is 0 Å². The quantitative estimate of drug-likeness (QED) is 0.927. The van der Waals surface area contributed by atoms with Gasteiger partial charge < -0.3 is 5.11 Å². The second-order valence-corrected chi connectivity index (χ2v) is 5.85. The molecule has 1 aliphatic carbocycles. The van der Waals surface area contributed by atoms with Crippen LogP contribution in [0.5, 0.6) is 0 Å². The topological polar surface area (TPSA) is 80.9 Å². The lowest BCUT2D eigenvalue weighted by Crippen LogP contribution is -2.40. The molecule has 21 heavy (non-hydrogen) atoms. The lowest BCUT2D eigenvalue weighted by molar-refractivity contribution is -0.188. The number of carboxylic acid groups (broad SMARTS) is 1. The highest BCUT2D eigenvalue weighted by atomic mass is 19.4. The fraction of sp³-hybridized carbons (Fsp3) is 0.833. The summed E-state index contributed by atoms with van der Waals surface area (Å²) < 4.78 is 40.5. The minimum absolute atomic E-state index is 0.00410. The number of aliphatic carboxylic acids is 1. The summed E-state index contributed by atoms with van der Waals surface area (Å²) in [6, 6.07) is 0. The van der Waals surface area contributed by atoms with Crippen LogP contribution in [0.15, 0.2) is 0 Å². The first-order chi connectivity index (χ1) is 9.65. The maximum atomic E-state index is 13.2. The first kappa shape index (κ1) is 15.7. The van der Waals surface area contributed by atoms with E-state index < -0.39 is 29.5 Å². The van der Waals surface area contributed by atoms with Crippen molar-refractivity contribution in [2.45, 2.75) is 57.2 Å². The number of rotatable bonds is 3. The van der Waals surface area contributed by atoms with Crippen molar-refractivity contribution < 1.29 is 23.1 Å². The van der Waals surface area contributed by atoms with E-state index in [2.05, 4.69) is 15.5 Å². The number of hydrogen-bond donors (Lipinski definition) is 1. The number of nitrogens with zero attached hydrogens (tertiary/aromatic N) is 4. The molecular formula is C12H17F3N4O2. The third kappa shape index (κ3) is 2.86. The zero-order chi connectivity index (χ0) is 15.8. The van der Waals surface area contributed by atoms with E-state index in [1.807, 2.05) is 0 Å². The van der Waals surface area contributed by atoms with E-state index in [9.17, 15) is 23.1 Å². The van der Waals surface area contributed by atoms with Crippen LogP contribution < -0.4 is 0 Å². The van der Waals surface area contributed by atoms with Crippen molar-refractivity contribution in [3.05, 3.63) is 5.82 Å². The molecule has 2 unspecified atom stereocenters. The van der Waals surface area contributed by atoms with Crippen LogP contribution in [-0.2, 0) is 10.3 Å². The van der Waals surface area contributed by atoms with E-state index in [4.69, 9.17) is 0 Å². The van der Waals surface area contributed by atoms with Gasteiger partial charge in [-0.3, -0.25) is 0 Å². The van der Waals surface area contributed by atoms with Crippen LogP contribution in [0.3, 0.4) is 0 Å². The van der Waals surface area contributed by atoms with Crippen molar-refractivity contribution in [1.82, 2.24) is 20.2 Å². The van der Waals surface area contributed by atoms with E-state index in [-0.39, 0.29) is 12.2 Å². The van der Waals surface area contributed by atoms with Crippen molar-refractivity contribution in [3.63, 3.8) is 0 Å². The lowest BCUT2D eigenvalue weighted by Gasteiger charge is -2.33. The molecule has 1 aliphatic rings. The molecule has 0 saturated heterocycles. The minimum atomic E-state index is -4.34. The predicted molar refractivity (Wildman–Crippen MR) is 65.5 cm³/mol. The van der Waals surface area contributed by atoms with Crippen LogP contribution >= 0.6 is 0 Å². The first-order valence-corrected chi connectivity index (χ1v) is 6.74. The summed E-state index contributed by atoms with van der Waals surface area (Å²) in [7, 11) is 0. The van der Waals surface area contributed by atoms with Crippen LogP contribution in [-0.4, -0.2) is 37.5 Å². The molecule has 2 atom stereocenters. The van der Waals surface area contributed by atoms with Crippen LogP contribution in [0, 0.1) is 5.92 Å². The predicted octanol–water partition coefficient (Wildman–Crippen LogP) is 2.33. The maximum absolute atomic E-state index is 13.2. The van der Waals surface area contributed by atoms with E-state index in [0.717, 1.165) is 4.68 Å². The van der Waals surface area contributed by atoms with Crippen LogP contribution in [0.2, 0.25) is 0 Å². The van der Waals surface area contributed by atoms with Gasteiger partial charge >= 0.3 is 12.1 Å². The molecule has 1 aromatic heterocycles. The molecule has 0 aromatic carbocycles. The van der Waals surface area contributed by atoms with Crippen molar-refractivity contribution in [2.24, 2.45) is 5.92 Å². The number of carboxylic acids is 1. The van der Waals surface area contributed by atoms with Crippen LogP contribution in [0.4, 0.5) is 13.2 Å². The molecule has 0 bridgehead atoms. The van der Waals surface area contributed by atoms with Gasteiger partial charge in [-0.15, -0.1) is 5.10 Å². The number of carbonyl (C=O) groups is 1. The summed E-state index contributed by atoms with van der Waals surface area (Å²) in [5.41, 5.74) is -1.49. The number of alkyl halides is 3. The molecular weight excluding hydrogens is 289 g/mol. The zero-order valence-corrected chi connectivity index (χ0v) is 11.8. The minimum Gasteiger partial charge on any atom is -0.479 e.